The summed E-state index contributed by atoms with van der Waals surface area (Å²) in [4.78, 5) is 28.1. The molecule has 5 aliphatic rings. The van der Waals surface area contributed by atoms with Crippen LogP contribution in [0.2, 0.25) is 0 Å². The van der Waals surface area contributed by atoms with Gasteiger partial charge >= 0.3 is 6.09 Å². The maximum Gasteiger partial charge on any atom is 0.410 e. The third-order valence-electron chi connectivity index (χ3n) is 10.6. The molecule has 7 nitrogen and oxygen atoms in total. The second-order valence-corrected chi connectivity index (χ2v) is 13.5. The largest absolute Gasteiger partial charge is 0.497 e. The van der Waals surface area contributed by atoms with Gasteiger partial charge in [-0.2, -0.15) is 0 Å². The van der Waals surface area contributed by atoms with E-state index in [4.69, 9.17) is 19.4 Å². The van der Waals surface area contributed by atoms with Gasteiger partial charge in [-0.1, -0.05) is 6.07 Å². The molecule has 0 unspecified atom stereocenters. The number of carbonyl (C=O) groups excluding carboxylic acids is 1. The Bertz CT molecular complexity index is 1300. The highest BCUT2D eigenvalue weighted by atomic mass is 16.6. The summed E-state index contributed by atoms with van der Waals surface area (Å²) in [6.45, 7) is 11.8. The molecule has 1 amide bonds. The molecule has 3 aliphatic carbocycles. The van der Waals surface area contributed by atoms with Crippen molar-refractivity contribution in [2.75, 3.05) is 25.1 Å². The molecule has 3 heterocycles. The second kappa shape index (κ2) is 7.86. The third-order valence-corrected chi connectivity index (χ3v) is 10.6. The third kappa shape index (κ3) is 3.10. The van der Waals surface area contributed by atoms with Crippen molar-refractivity contribution in [2.45, 2.75) is 89.8 Å². The molecule has 0 spiro atoms. The molecule has 0 N–H and O–H groups in total. The Balaban J connectivity index is 1.36. The number of aryl methyl sites for hydroxylation is 2. The van der Waals surface area contributed by atoms with Crippen LogP contribution in [0.3, 0.4) is 0 Å². The Morgan fingerprint density at radius 3 is 2.58 bits per heavy atom. The lowest BCUT2D eigenvalue weighted by Crippen LogP contribution is -2.70. The standard InChI is InChI=1S/C31H40N4O3/c1-18-13-19(2)33-27(32-18)35-17-21-16-30-10-9-24(35)26(21)31(30)11-12-34(28(36)38-29(3,4)5)25(30)14-20-7-8-22(37-6)15-23(20)31/h7-8,13,15,21,24-26H,9-12,14,16-17H2,1-6H3/t21-,24-,25-,26-,30-,31+/m1/s1. The molecular weight excluding hydrogens is 476 g/mol. The Hall–Kier alpha value is -2.83. The van der Waals surface area contributed by atoms with Crippen LogP contribution in [0.5, 0.6) is 5.75 Å². The van der Waals surface area contributed by atoms with Crippen LogP contribution in [0.15, 0.2) is 24.3 Å². The van der Waals surface area contributed by atoms with Crippen molar-refractivity contribution in [3.8, 4) is 5.75 Å². The van der Waals surface area contributed by atoms with Crippen LogP contribution >= 0.6 is 0 Å². The first kappa shape index (κ1) is 24.2. The number of fused-ring (bicyclic) bond motifs is 1. The van der Waals surface area contributed by atoms with E-state index >= 15 is 0 Å². The summed E-state index contributed by atoms with van der Waals surface area (Å²) in [5, 5.41) is 0. The van der Waals surface area contributed by atoms with Gasteiger partial charge in [-0.15, -0.1) is 0 Å². The van der Waals surface area contributed by atoms with Crippen molar-refractivity contribution in [3.63, 3.8) is 0 Å². The number of methoxy groups -OCH3 is 1. The van der Waals surface area contributed by atoms with Gasteiger partial charge in [-0.05, 0) is 108 Å². The van der Waals surface area contributed by atoms with Gasteiger partial charge < -0.3 is 19.3 Å². The lowest BCUT2D eigenvalue weighted by atomic mass is 9.43. The zero-order valence-corrected chi connectivity index (χ0v) is 23.6. The number of rotatable bonds is 2. The van der Waals surface area contributed by atoms with Crippen LogP contribution in [-0.2, 0) is 16.6 Å². The van der Waals surface area contributed by atoms with Gasteiger partial charge in [0.25, 0.3) is 0 Å². The van der Waals surface area contributed by atoms with E-state index in [0.717, 1.165) is 68.3 Å². The Morgan fingerprint density at radius 2 is 1.87 bits per heavy atom. The van der Waals surface area contributed by atoms with Crippen LogP contribution < -0.4 is 9.64 Å². The molecular formula is C31H40N4O3. The van der Waals surface area contributed by atoms with E-state index in [2.05, 4.69) is 47.9 Å². The first-order valence-electron chi connectivity index (χ1n) is 14.3. The summed E-state index contributed by atoms with van der Waals surface area (Å²) in [5.74, 6) is 2.92. The van der Waals surface area contributed by atoms with E-state index in [1.807, 2.05) is 20.8 Å². The Labute approximate surface area is 225 Å². The molecule has 2 aliphatic heterocycles. The number of piperidine rings is 1. The molecule has 2 saturated heterocycles. The topological polar surface area (TPSA) is 67.8 Å². The number of carbonyl (C=O) groups is 1. The zero-order valence-electron chi connectivity index (χ0n) is 23.6. The number of likely N-dealkylation sites (tertiary alicyclic amines) is 1. The molecule has 4 fully saturated rings. The number of nitrogens with zero attached hydrogens (tertiary/aromatic N) is 4. The van der Waals surface area contributed by atoms with E-state index in [1.165, 1.54) is 11.1 Å². The van der Waals surface area contributed by atoms with Crippen LogP contribution in [0.1, 0.15) is 69.0 Å². The predicted octanol–water partition coefficient (Wildman–Crippen LogP) is 5.21. The van der Waals surface area contributed by atoms with Crippen molar-refractivity contribution in [3.05, 3.63) is 46.8 Å². The molecule has 38 heavy (non-hydrogen) atoms. The van der Waals surface area contributed by atoms with Crippen molar-refractivity contribution < 1.29 is 14.3 Å². The van der Waals surface area contributed by atoms with Gasteiger partial charge in [0.1, 0.15) is 11.4 Å². The first-order valence-corrected chi connectivity index (χ1v) is 14.3. The maximum absolute atomic E-state index is 13.6. The zero-order chi connectivity index (χ0) is 26.6. The summed E-state index contributed by atoms with van der Waals surface area (Å²) >= 11 is 0. The first-order chi connectivity index (χ1) is 18.1. The summed E-state index contributed by atoms with van der Waals surface area (Å²) in [6.07, 6.45) is 5.11. The fraction of sp³-hybridized carbons (Fsp3) is 0.645. The van der Waals surface area contributed by atoms with Gasteiger partial charge in [0, 0.05) is 47.4 Å². The van der Waals surface area contributed by atoms with E-state index in [1.54, 1.807) is 7.11 Å². The lowest BCUT2D eigenvalue weighted by Gasteiger charge is -2.66. The fourth-order valence-electron chi connectivity index (χ4n) is 9.72. The average molecular weight is 517 g/mol. The minimum Gasteiger partial charge on any atom is -0.497 e. The molecule has 4 bridgehead atoms. The number of hydrogen-bond acceptors (Lipinski definition) is 6. The Kier molecular flexibility index (Phi) is 5.01. The van der Waals surface area contributed by atoms with E-state index in [9.17, 15) is 4.79 Å². The summed E-state index contributed by atoms with van der Waals surface area (Å²) < 4.78 is 11.7. The van der Waals surface area contributed by atoms with Gasteiger partial charge in [0.2, 0.25) is 5.95 Å². The van der Waals surface area contributed by atoms with Gasteiger partial charge in [0.05, 0.1) is 7.11 Å². The highest BCUT2D eigenvalue weighted by molar-refractivity contribution is 5.70. The number of ether oxygens (including phenoxy) is 2. The molecule has 1 aromatic carbocycles. The van der Waals surface area contributed by atoms with Gasteiger partial charge in [-0.25, -0.2) is 14.8 Å². The minimum atomic E-state index is -0.500. The van der Waals surface area contributed by atoms with Crippen LogP contribution in [0.4, 0.5) is 10.7 Å². The number of benzene rings is 1. The smallest absolute Gasteiger partial charge is 0.410 e. The molecule has 7 heteroatoms. The normalized spacial score (nSPS) is 34.6. The number of anilines is 1. The fourth-order valence-corrected chi connectivity index (χ4v) is 9.72. The summed E-state index contributed by atoms with van der Waals surface area (Å²) in [5.41, 5.74) is 4.53. The number of hydrogen-bond donors (Lipinski definition) is 0. The molecule has 0 radical (unpaired) electrons. The average Bonchev–Trinajstić information content (AvgIpc) is 3.28. The number of aromatic nitrogens is 2. The second-order valence-electron chi connectivity index (χ2n) is 13.5. The van der Waals surface area contributed by atoms with Crippen molar-refractivity contribution >= 4 is 12.0 Å². The molecule has 2 aromatic rings. The monoisotopic (exact) mass is 516 g/mol. The van der Waals surface area contributed by atoms with E-state index < -0.39 is 5.60 Å². The molecule has 6 atom stereocenters. The maximum atomic E-state index is 13.6. The van der Waals surface area contributed by atoms with Gasteiger partial charge in [0.15, 0.2) is 0 Å². The minimum absolute atomic E-state index is 0.0273. The molecule has 1 aromatic heterocycles. The quantitative estimate of drug-likeness (QED) is 0.546. The van der Waals surface area contributed by atoms with E-state index in [0.29, 0.717) is 17.9 Å². The highest BCUT2D eigenvalue weighted by Crippen LogP contribution is 2.75. The van der Waals surface area contributed by atoms with Crippen LogP contribution in [-0.4, -0.2) is 58.8 Å². The predicted molar refractivity (Wildman–Crippen MR) is 146 cm³/mol. The van der Waals surface area contributed by atoms with E-state index in [-0.39, 0.29) is 23.0 Å². The molecule has 7 rings (SSSR count). The van der Waals surface area contributed by atoms with Crippen molar-refractivity contribution in [1.29, 1.82) is 0 Å². The summed E-state index contributed by atoms with van der Waals surface area (Å²) in [7, 11) is 1.77. The Morgan fingerprint density at radius 1 is 1.11 bits per heavy atom. The van der Waals surface area contributed by atoms with Gasteiger partial charge in [-0.3, -0.25) is 0 Å². The summed E-state index contributed by atoms with van der Waals surface area (Å²) in [6, 6.07) is 9.34. The van der Waals surface area contributed by atoms with Crippen LogP contribution in [0.25, 0.3) is 0 Å². The number of amides is 1. The highest BCUT2D eigenvalue weighted by Gasteiger charge is 2.76. The SMILES string of the molecule is COc1ccc2c(c1)[C@]13CCN(C(=O)OC(C)(C)C)[C@H](C2)[C@]12CC[C@@H]1[C@H]3[C@@H](CN1c1nc(C)cc(C)n1)C2. The molecule has 202 valence electrons. The lowest BCUT2D eigenvalue weighted by molar-refractivity contribution is -0.0920. The van der Waals surface area contributed by atoms with Crippen molar-refractivity contribution in [1.82, 2.24) is 14.9 Å². The molecule has 2 saturated carbocycles. The van der Waals surface area contributed by atoms with Crippen LogP contribution in [0, 0.1) is 31.1 Å². The van der Waals surface area contributed by atoms with Crippen molar-refractivity contribution in [2.24, 2.45) is 17.3 Å².